The summed E-state index contributed by atoms with van der Waals surface area (Å²) in [6.07, 6.45) is -0.936. The van der Waals surface area contributed by atoms with Crippen LogP contribution in [0.3, 0.4) is 0 Å². The molecule has 3 aromatic rings. The van der Waals surface area contributed by atoms with Gasteiger partial charge in [-0.1, -0.05) is 24.3 Å². The second-order valence-electron chi connectivity index (χ2n) is 4.85. The minimum Gasteiger partial charge on any atom is -0.351 e. The molecule has 0 atom stereocenters. The maximum atomic E-state index is 13.7. The summed E-state index contributed by atoms with van der Waals surface area (Å²) in [5.41, 5.74) is 6.64. The van der Waals surface area contributed by atoms with Crippen molar-refractivity contribution in [2.45, 2.75) is 0 Å². The molecule has 0 unspecified atom stereocenters. The lowest BCUT2D eigenvalue weighted by Crippen LogP contribution is -2.19. The Labute approximate surface area is 142 Å². The maximum absolute atomic E-state index is 13.7. The lowest BCUT2D eigenvalue weighted by atomic mass is 10.3. The van der Waals surface area contributed by atoms with E-state index in [4.69, 9.17) is 5.73 Å². The van der Waals surface area contributed by atoms with E-state index in [2.05, 4.69) is 37.0 Å². The number of carbonyl (C=O) groups is 1. The van der Waals surface area contributed by atoms with Crippen molar-refractivity contribution in [3.05, 3.63) is 60.7 Å². The van der Waals surface area contributed by atoms with Gasteiger partial charge in [0.15, 0.2) is 0 Å². The molecule has 8 nitrogen and oxygen atoms in total. The first-order valence-electron chi connectivity index (χ1n) is 7.17. The number of amides is 2. The van der Waals surface area contributed by atoms with Gasteiger partial charge in [-0.05, 0) is 24.3 Å². The molecule has 0 bridgehead atoms. The molecule has 0 saturated heterocycles. The molecule has 1 heterocycles. The fraction of sp³-hybridized carbons (Fsp3) is 0. The highest BCUT2D eigenvalue weighted by Gasteiger charge is 2.07. The summed E-state index contributed by atoms with van der Waals surface area (Å²) in [6.45, 7) is 0. The van der Waals surface area contributed by atoms with Gasteiger partial charge < -0.3 is 21.7 Å². The van der Waals surface area contributed by atoms with Crippen molar-refractivity contribution in [2.75, 3.05) is 16.0 Å². The highest BCUT2D eigenvalue weighted by molar-refractivity contribution is 5.88. The summed E-state index contributed by atoms with van der Waals surface area (Å²) in [5, 5.41) is 8.11. The molecule has 1 radical (unpaired) electrons. The van der Waals surface area contributed by atoms with Gasteiger partial charge >= 0.3 is 12.1 Å². The molecule has 0 spiro atoms. The molecule has 2 aromatic carbocycles. The highest BCUT2D eigenvalue weighted by Crippen LogP contribution is 2.19. The number of benzene rings is 2. The van der Waals surface area contributed by atoms with Gasteiger partial charge in [-0.2, -0.15) is 19.3 Å². The number of carbonyl (C=O) groups excluding carboxylic acids is 1. The van der Waals surface area contributed by atoms with Crippen LogP contribution >= 0.6 is 0 Å². The molecule has 125 valence electrons. The Morgan fingerprint density at radius 3 is 2.36 bits per heavy atom. The number of para-hydroxylation sites is 1. The Morgan fingerprint density at radius 2 is 1.68 bits per heavy atom. The number of nitrogens with zero attached hydrogens (tertiary/aromatic N) is 3. The average molecular weight is 338 g/mol. The third kappa shape index (κ3) is 4.61. The zero-order valence-electron chi connectivity index (χ0n) is 12.8. The van der Waals surface area contributed by atoms with Gasteiger partial charge in [0, 0.05) is 17.4 Å². The Balaban J connectivity index is 1.80. The quantitative estimate of drug-likeness (QED) is 0.568. The summed E-state index contributed by atoms with van der Waals surface area (Å²) in [6, 6.07) is 15.9. The monoisotopic (exact) mass is 338 g/mol. The van der Waals surface area contributed by atoms with Crippen LogP contribution in [-0.4, -0.2) is 21.0 Å². The first kappa shape index (κ1) is 16.1. The molecule has 0 aliphatic heterocycles. The normalized spacial score (nSPS) is 10.1. The van der Waals surface area contributed by atoms with Crippen LogP contribution in [0.2, 0.25) is 0 Å². The molecule has 2 amide bonds. The van der Waals surface area contributed by atoms with Crippen molar-refractivity contribution in [2.24, 2.45) is 5.73 Å². The van der Waals surface area contributed by atoms with E-state index in [-0.39, 0.29) is 11.9 Å². The van der Waals surface area contributed by atoms with Crippen molar-refractivity contribution >= 4 is 35.0 Å². The zero-order valence-corrected chi connectivity index (χ0v) is 12.8. The second-order valence-corrected chi connectivity index (χ2v) is 4.85. The first-order chi connectivity index (χ1) is 12.1. The smallest absolute Gasteiger partial charge is 0.316 e. The third-order valence-electron chi connectivity index (χ3n) is 2.95. The standard InChI is InChI=1S/C16H13FN7O/c17-13-22-15(20-10-5-2-1-3-6-10)24-16(23-13)21-12-8-4-7-11(9-12)19-14(18)25/h1-6,8-9H,(H3,18,19,25)(H2,20,21,22,23,24). The molecule has 0 aliphatic carbocycles. The van der Waals surface area contributed by atoms with Crippen LogP contribution in [0.15, 0.2) is 48.5 Å². The number of rotatable bonds is 5. The van der Waals surface area contributed by atoms with Crippen molar-refractivity contribution in [1.29, 1.82) is 0 Å². The number of nitrogens with two attached hydrogens (primary N) is 1. The fourth-order valence-electron chi connectivity index (χ4n) is 1.99. The largest absolute Gasteiger partial charge is 0.351 e. The summed E-state index contributed by atoms with van der Waals surface area (Å²) in [5.74, 6) is 0.0568. The summed E-state index contributed by atoms with van der Waals surface area (Å²) < 4.78 is 13.7. The number of hydrogen-bond acceptors (Lipinski definition) is 6. The third-order valence-corrected chi connectivity index (χ3v) is 2.95. The minimum absolute atomic E-state index is 0.00200. The van der Waals surface area contributed by atoms with Crippen molar-refractivity contribution in [1.82, 2.24) is 15.0 Å². The maximum Gasteiger partial charge on any atom is 0.316 e. The fourth-order valence-corrected chi connectivity index (χ4v) is 1.99. The molecule has 0 aliphatic rings. The Morgan fingerprint density at radius 1 is 1.00 bits per heavy atom. The molecular weight excluding hydrogens is 325 g/mol. The molecule has 25 heavy (non-hydrogen) atoms. The van der Waals surface area contributed by atoms with Crippen LogP contribution in [-0.2, 0) is 0 Å². The molecule has 0 saturated carbocycles. The van der Waals surface area contributed by atoms with Gasteiger partial charge in [0.1, 0.15) is 0 Å². The number of aromatic nitrogens is 3. The average Bonchev–Trinajstić information content (AvgIpc) is 2.55. The van der Waals surface area contributed by atoms with Gasteiger partial charge in [0.2, 0.25) is 11.9 Å². The first-order valence-corrected chi connectivity index (χ1v) is 7.17. The van der Waals surface area contributed by atoms with Gasteiger partial charge in [-0.15, -0.1) is 0 Å². The van der Waals surface area contributed by atoms with E-state index in [1.807, 2.05) is 18.2 Å². The van der Waals surface area contributed by atoms with Gasteiger partial charge in [-0.25, -0.2) is 4.79 Å². The van der Waals surface area contributed by atoms with E-state index in [0.29, 0.717) is 17.1 Å². The summed E-state index contributed by atoms with van der Waals surface area (Å²) in [4.78, 5) is 22.2. The number of anilines is 5. The van der Waals surface area contributed by atoms with Crippen molar-refractivity contribution in [3.8, 4) is 0 Å². The van der Waals surface area contributed by atoms with Gasteiger partial charge in [0.05, 0.1) is 5.69 Å². The predicted molar refractivity (Wildman–Crippen MR) is 91.3 cm³/mol. The molecule has 0 fully saturated rings. The topological polar surface area (TPSA) is 118 Å². The van der Waals surface area contributed by atoms with Crippen LogP contribution in [0.1, 0.15) is 0 Å². The number of urea groups is 1. The molecule has 5 N–H and O–H groups in total. The molecule has 9 heteroatoms. The van der Waals surface area contributed by atoms with Crippen LogP contribution in [0, 0.1) is 12.1 Å². The molecular formula is C16H13FN7O. The minimum atomic E-state index is -0.936. The van der Waals surface area contributed by atoms with Crippen LogP contribution in [0.4, 0.5) is 38.1 Å². The van der Waals surface area contributed by atoms with E-state index >= 15 is 0 Å². The van der Waals surface area contributed by atoms with Crippen LogP contribution in [0.5, 0.6) is 0 Å². The highest BCUT2D eigenvalue weighted by atomic mass is 19.1. The zero-order chi connectivity index (χ0) is 17.6. The SMILES string of the molecule is NC(=O)Nc1[c]ccc(Nc2nc(F)nc(Nc3ccccc3)n2)c1. The Hall–Kier alpha value is -3.75. The van der Waals surface area contributed by atoms with E-state index in [1.165, 1.54) is 0 Å². The number of halogens is 1. The van der Waals surface area contributed by atoms with Crippen LogP contribution in [0.25, 0.3) is 0 Å². The van der Waals surface area contributed by atoms with E-state index in [0.717, 1.165) is 0 Å². The van der Waals surface area contributed by atoms with Gasteiger partial charge in [0.25, 0.3) is 0 Å². The Bertz CT molecular complexity index is 889. The van der Waals surface area contributed by atoms with E-state index < -0.39 is 12.1 Å². The van der Waals surface area contributed by atoms with Crippen molar-refractivity contribution < 1.29 is 9.18 Å². The molecule has 3 rings (SSSR count). The summed E-state index contributed by atoms with van der Waals surface area (Å²) in [7, 11) is 0. The molecule has 1 aromatic heterocycles. The lowest BCUT2D eigenvalue weighted by Gasteiger charge is -2.09. The van der Waals surface area contributed by atoms with Crippen LogP contribution < -0.4 is 21.7 Å². The van der Waals surface area contributed by atoms with E-state index in [9.17, 15) is 9.18 Å². The number of nitrogens with one attached hydrogen (secondary N) is 3. The number of primary amides is 1. The number of hydrogen-bond donors (Lipinski definition) is 4. The van der Waals surface area contributed by atoms with Crippen molar-refractivity contribution in [3.63, 3.8) is 0 Å². The lowest BCUT2D eigenvalue weighted by molar-refractivity contribution is 0.259. The van der Waals surface area contributed by atoms with E-state index in [1.54, 1.807) is 30.3 Å². The predicted octanol–water partition coefficient (Wildman–Crippen LogP) is 2.79. The Kier molecular flexibility index (Phi) is 4.65. The second kappa shape index (κ2) is 7.21. The summed E-state index contributed by atoms with van der Waals surface area (Å²) >= 11 is 0. The van der Waals surface area contributed by atoms with Gasteiger partial charge in [-0.3, -0.25) is 0 Å².